The Bertz CT molecular complexity index is 908. The predicted octanol–water partition coefficient (Wildman–Crippen LogP) is 4.89. The van der Waals surface area contributed by atoms with Gasteiger partial charge >= 0.3 is 0 Å². The van der Waals surface area contributed by atoms with Crippen molar-refractivity contribution >= 4 is 11.3 Å². The molecule has 1 saturated heterocycles. The van der Waals surface area contributed by atoms with Crippen LogP contribution in [0.5, 0.6) is 5.75 Å². The number of hydrogen-bond acceptors (Lipinski definition) is 5. The van der Waals surface area contributed by atoms with Crippen molar-refractivity contribution < 1.29 is 14.6 Å². The van der Waals surface area contributed by atoms with E-state index in [1.807, 2.05) is 60.0 Å². The quantitative estimate of drug-likeness (QED) is 0.518. The summed E-state index contributed by atoms with van der Waals surface area (Å²) >= 11 is 1.60. The van der Waals surface area contributed by atoms with Crippen LogP contribution in [0.15, 0.2) is 72.1 Å². The summed E-state index contributed by atoms with van der Waals surface area (Å²) in [5, 5.41) is 14.2. The lowest BCUT2D eigenvalue weighted by Crippen LogP contribution is -2.38. The zero-order valence-corrected chi connectivity index (χ0v) is 18.9. The van der Waals surface area contributed by atoms with Crippen LogP contribution in [0, 0.1) is 0 Å². The molecule has 0 radical (unpaired) electrons. The second-order valence-electron chi connectivity index (χ2n) is 7.94. The second-order valence-corrected chi connectivity index (χ2v) is 8.89. The Morgan fingerprint density at radius 1 is 1.03 bits per heavy atom. The first-order valence-corrected chi connectivity index (χ1v) is 11.9. The Balaban J connectivity index is 1.53. The summed E-state index contributed by atoms with van der Waals surface area (Å²) in [6, 6.07) is 22.3. The third-order valence-electron chi connectivity index (χ3n) is 6.09. The highest BCUT2D eigenvalue weighted by atomic mass is 32.1. The topological polar surface area (TPSA) is 41.9 Å². The summed E-state index contributed by atoms with van der Waals surface area (Å²) in [4.78, 5) is 3.32. The predicted molar refractivity (Wildman–Crippen MR) is 126 cm³/mol. The van der Waals surface area contributed by atoms with Crippen LogP contribution in [0.25, 0.3) is 0 Å². The molecule has 0 unspecified atom stereocenters. The number of ether oxygens (including phenoxy) is 2. The van der Waals surface area contributed by atoms with Gasteiger partial charge in [-0.2, -0.15) is 0 Å². The summed E-state index contributed by atoms with van der Waals surface area (Å²) in [5.41, 5.74) is 0.953. The first-order valence-electron chi connectivity index (χ1n) is 11.1. The van der Waals surface area contributed by atoms with Gasteiger partial charge in [0.15, 0.2) is 0 Å². The number of morpholine rings is 1. The Morgan fingerprint density at radius 3 is 2.42 bits per heavy atom. The molecule has 1 N–H and O–H groups in total. The van der Waals surface area contributed by atoms with E-state index in [4.69, 9.17) is 9.47 Å². The minimum absolute atomic E-state index is 0.0413. The maximum Gasteiger partial charge on any atom is 0.130 e. The van der Waals surface area contributed by atoms with Crippen LogP contribution in [0.4, 0.5) is 0 Å². The summed E-state index contributed by atoms with van der Waals surface area (Å²) in [6.45, 7) is 7.22. The summed E-state index contributed by atoms with van der Waals surface area (Å²) < 4.78 is 11.4. The minimum Gasteiger partial charge on any atom is -0.492 e. The van der Waals surface area contributed by atoms with Gasteiger partial charge in [-0.3, -0.25) is 4.90 Å². The highest BCUT2D eigenvalue weighted by molar-refractivity contribution is 7.10. The molecule has 1 aliphatic heterocycles. The SMILES string of the molecule is CC[C@H](c1ccccc1)[C@@](O)(c1ccc(OCCN2CCOCC2)cc1)c1cccs1. The molecule has 0 saturated carbocycles. The van der Waals surface area contributed by atoms with E-state index in [2.05, 4.69) is 24.0 Å². The van der Waals surface area contributed by atoms with Gasteiger partial charge in [0.05, 0.1) is 13.2 Å². The number of hydrogen-bond donors (Lipinski definition) is 1. The van der Waals surface area contributed by atoms with Crippen molar-refractivity contribution in [2.75, 3.05) is 39.5 Å². The smallest absolute Gasteiger partial charge is 0.130 e. The van der Waals surface area contributed by atoms with Gasteiger partial charge < -0.3 is 14.6 Å². The average Bonchev–Trinajstić information content (AvgIpc) is 3.37. The molecule has 1 aliphatic rings. The molecule has 1 aromatic heterocycles. The van der Waals surface area contributed by atoms with Crippen molar-refractivity contribution in [3.05, 3.63) is 88.1 Å². The Morgan fingerprint density at radius 2 is 1.77 bits per heavy atom. The molecule has 31 heavy (non-hydrogen) atoms. The third kappa shape index (κ3) is 5.01. The third-order valence-corrected chi connectivity index (χ3v) is 7.08. The van der Waals surface area contributed by atoms with Gasteiger partial charge in [-0.05, 0) is 41.1 Å². The van der Waals surface area contributed by atoms with Gasteiger partial charge in [-0.1, -0.05) is 55.5 Å². The number of aliphatic hydroxyl groups is 1. The maximum absolute atomic E-state index is 12.1. The van der Waals surface area contributed by atoms with E-state index in [1.165, 1.54) is 0 Å². The van der Waals surface area contributed by atoms with Crippen molar-refractivity contribution in [3.63, 3.8) is 0 Å². The van der Waals surface area contributed by atoms with Gasteiger partial charge in [-0.25, -0.2) is 0 Å². The van der Waals surface area contributed by atoms with E-state index in [9.17, 15) is 5.11 Å². The van der Waals surface area contributed by atoms with Crippen molar-refractivity contribution in [3.8, 4) is 5.75 Å². The van der Waals surface area contributed by atoms with Gasteiger partial charge in [0, 0.05) is 30.4 Å². The number of thiophene rings is 1. The molecule has 5 heteroatoms. The van der Waals surface area contributed by atoms with Gasteiger partial charge in [0.25, 0.3) is 0 Å². The second kappa shape index (κ2) is 10.4. The molecule has 0 spiro atoms. The zero-order valence-electron chi connectivity index (χ0n) is 18.1. The largest absolute Gasteiger partial charge is 0.492 e. The molecule has 4 rings (SSSR count). The number of benzene rings is 2. The van der Waals surface area contributed by atoms with Gasteiger partial charge in [0.1, 0.15) is 18.0 Å². The molecule has 1 fully saturated rings. The lowest BCUT2D eigenvalue weighted by Gasteiger charge is -2.36. The van der Waals surface area contributed by atoms with Crippen LogP contribution in [-0.4, -0.2) is 49.5 Å². The van der Waals surface area contributed by atoms with Crippen molar-refractivity contribution in [2.45, 2.75) is 24.9 Å². The monoisotopic (exact) mass is 437 g/mol. The standard InChI is InChI=1S/C26H31NO3S/c1-2-24(21-7-4-3-5-8-21)26(28,25-9-6-20-31-25)22-10-12-23(13-11-22)30-19-16-27-14-17-29-18-15-27/h3-13,20,24,28H,2,14-19H2,1H3/t24-,26+/m1/s1. The van der Waals surface area contributed by atoms with Crippen LogP contribution >= 0.6 is 11.3 Å². The van der Waals surface area contributed by atoms with Gasteiger partial charge in [-0.15, -0.1) is 11.3 Å². The summed E-state index contributed by atoms with van der Waals surface area (Å²) in [7, 11) is 0. The Kier molecular flexibility index (Phi) is 7.41. The van der Waals surface area contributed by atoms with Crippen molar-refractivity contribution in [1.29, 1.82) is 0 Å². The number of nitrogens with zero attached hydrogens (tertiary/aromatic N) is 1. The average molecular weight is 438 g/mol. The van der Waals surface area contributed by atoms with E-state index >= 15 is 0 Å². The van der Waals surface area contributed by atoms with E-state index in [0.29, 0.717) is 6.61 Å². The van der Waals surface area contributed by atoms with Crippen LogP contribution in [0.3, 0.4) is 0 Å². The van der Waals surface area contributed by atoms with Crippen molar-refractivity contribution in [2.24, 2.45) is 0 Å². The molecule has 2 heterocycles. The Labute approximate surface area is 189 Å². The van der Waals surface area contributed by atoms with Crippen molar-refractivity contribution in [1.82, 2.24) is 4.90 Å². The lowest BCUT2D eigenvalue weighted by molar-refractivity contribution is 0.0322. The lowest BCUT2D eigenvalue weighted by atomic mass is 9.75. The Hall–Kier alpha value is -2.18. The molecular formula is C26H31NO3S. The van der Waals surface area contributed by atoms with E-state index in [1.54, 1.807) is 11.3 Å². The molecular weight excluding hydrogens is 406 g/mol. The fraction of sp³-hybridized carbons (Fsp3) is 0.385. The van der Waals surface area contributed by atoms with Crippen LogP contribution in [-0.2, 0) is 10.3 Å². The first-order chi connectivity index (χ1) is 15.2. The van der Waals surface area contributed by atoms with Crippen LogP contribution in [0.2, 0.25) is 0 Å². The normalized spacial score (nSPS) is 17.7. The highest BCUT2D eigenvalue weighted by Crippen LogP contribution is 2.46. The first kappa shape index (κ1) is 22.0. The van der Waals surface area contributed by atoms with Gasteiger partial charge in [0.2, 0.25) is 0 Å². The van der Waals surface area contributed by atoms with E-state index in [-0.39, 0.29) is 5.92 Å². The molecule has 2 aromatic carbocycles. The van der Waals surface area contributed by atoms with Crippen LogP contribution < -0.4 is 4.74 Å². The molecule has 164 valence electrons. The molecule has 0 amide bonds. The van der Waals surface area contributed by atoms with E-state index < -0.39 is 5.60 Å². The zero-order chi connectivity index (χ0) is 21.5. The summed E-state index contributed by atoms with van der Waals surface area (Å²) in [5.74, 6) is 0.790. The minimum atomic E-state index is -1.09. The highest BCUT2D eigenvalue weighted by Gasteiger charge is 2.41. The molecule has 0 aliphatic carbocycles. The van der Waals surface area contributed by atoms with E-state index in [0.717, 1.165) is 61.0 Å². The number of rotatable bonds is 9. The molecule has 3 aromatic rings. The van der Waals surface area contributed by atoms with Crippen LogP contribution in [0.1, 0.15) is 35.3 Å². The summed E-state index contributed by atoms with van der Waals surface area (Å²) in [6.07, 6.45) is 0.830. The maximum atomic E-state index is 12.1. The molecule has 2 atom stereocenters. The molecule has 4 nitrogen and oxygen atoms in total. The fourth-order valence-corrected chi connectivity index (χ4v) is 5.29. The fourth-order valence-electron chi connectivity index (χ4n) is 4.39. The molecule has 0 bridgehead atoms.